The third-order valence-electron chi connectivity index (χ3n) is 3.63. The highest BCUT2D eigenvalue weighted by atomic mass is 16.5. The maximum Gasteiger partial charge on any atom is 0.127 e. The van der Waals surface area contributed by atoms with Gasteiger partial charge in [-0.3, -0.25) is 0 Å². The smallest absolute Gasteiger partial charge is 0.127 e. The molecule has 2 rings (SSSR count). The Balaban J connectivity index is 2.33. The monoisotopic (exact) mass is 281 g/mol. The Bertz CT molecular complexity index is 630. The lowest BCUT2D eigenvalue weighted by molar-refractivity contribution is 0.305. The lowest BCUT2D eigenvalue weighted by Crippen LogP contribution is -2.13. The van der Waals surface area contributed by atoms with Crippen LogP contribution in [0.15, 0.2) is 43.0 Å². The molecular weight excluding hydrogens is 258 g/mol. The van der Waals surface area contributed by atoms with Crippen molar-refractivity contribution in [2.75, 3.05) is 19.0 Å². The van der Waals surface area contributed by atoms with Crippen LogP contribution in [0.25, 0.3) is 6.08 Å². The Labute approximate surface area is 127 Å². The van der Waals surface area contributed by atoms with Crippen LogP contribution in [0.2, 0.25) is 0 Å². The van der Waals surface area contributed by atoms with E-state index in [1.165, 1.54) is 22.4 Å². The topological polar surface area (TPSA) is 12.5 Å². The third kappa shape index (κ3) is 3.27. The fraction of sp³-hybridized carbons (Fsp3) is 0.263. The van der Waals surface area contributed by atoms with Crippen LogP contribution >= 0.6 is 0 Å². The van der Waals surface area contributed by atoms with Gasteiger partial charge in [0.15, 0.2) is 0 Å². The van der Waals surface area contributed by atoms with Crippen molar-refractivity contribution in [1.82, 2.24) is 0 Å². The molecule has 0 aromatic heterocycles. The average molecular weight is 281 g/mol. The van der Waals surface area contributed by atoms with E-state index in [0.717, 1.165) is 11.3 Å². The fourth-order valence-electron chi connectivity index (χ4n) is 2.75. The molecule has 110 valence electrons. The van der Waals surface area contributed by atoms with Crippen molar-refractivity contribution in [3.63, 3.8) is 0 Å². The van der Waals surface area contributed by atoms with Crippen molar-refractivity contribution in [2.24, 2.45) is 0 Å². The molecule has 0 saturated heterocycles. The zero-order chi connectivity index (χ0) is 15.4. The summed E-state index contributed by atoms with van der Waals surface area (Å²) in [7, 11) is 4.12. The zero-order valence-corrected chi connectivity index (χ0v) is 13.3. The summed E-state index contributed by atoms with van der Waals surface area (Å²) in [6.45, 7) is 8.75. The van der Waals surface area contributed by atoms with Crippen molar-refractivity contribution >= 4 is 11.8 Å². The van der Waals surface area contributed by atoms with Gasteiger partial charge in [0, 0.05) is 25.3 Å². The van der Waals surface area contributed by atoms with Crippen LogP contribution in [0, 0.1) is 13.8 Å². The van der Waals surface area contributed by atoms with Crippen LogP contribution in [0.1, 0.15) is 22.3 Å². The molecule has 0 heterocycles. The van der Waals surface area contributed by atoms with Crippen LogP contribution in [0.4, 0.5) is 5.69 Å². The zero-order valence-electron chi connectivity index (χ0n) is 13.3. The van der Waals surface area contributed by atoms with Gasteiger partial charge in [-0.15, -0.1) is 0 Å². The number of rotatable bonds is 5. The number of ether oxygens (including phenoxy) is 1. The summed E-state index contributed by atoms with van der Waals surface area (Å²) in [4.78, 5) is 2.14. The SMILES string of the molecule is C=Cc1c(OCc2ccccc2)cc(C)c(N(C)C)c1C. The van der Waals surface area contributed by atoms with Gasteiger partial charge in [0.25, 0.3) is 0 Å². The van der Waals surface area contributed by atoms with Gasteiger partial charge < -0.3 is 9.64 Å². The molecule has 0 N–H and O–H groups in total. The predicted molar refractivity (Wildman–Crippen MR) is 91.1 cm³/mol. The van der Waals surface area contributed by atoms with Gasteiger partial charge in [-0.1, -0.05) is 43.0 Å². The molecule has 2 heteroatoms. The molecule has 2 aromatic rings. The van der Waals surface area contributed by atoms with Crippen LogP contribution in [0.3, 0.4) is 0 Å². The van der Waals surface area contributed by atoms with E-state index >= 15 is 0 Å². The quantitative estimate of drug-likeness (QED) is 0.794. The first-order chi connectivity index (χ1) is 10.0. The van der Waals surface area contributed by atoms with E-state index in [-0.39, 0.29) is 0 Å². The summed E-state index contributed by atoms with van der Waals surface area (Å²) >= 11 is 0. The first-order valence-electron chi connectivity index (χ1n) is 7.15. The van der Waals surface area contributed by atoms with E-state index in [4.69, 9.17) is 4.74 Å². The number of hydrogen-bond donors (Lipinski definition) is 0. The Morgan fingerprint density at radius 1 is 1.14 bits per heavy atom. The average Bonchev–Trinajstić information content (AvgIpc) is 2.45. The molecule has 0 aliphatic heterocycles. The van der Waals surface area contributed by atoms with Gasteiger partial charge in [-0.05, 0) is 36.6 Å². The second kappa shape index (κ2) is 6.49. The highest BCUT2D eigenvalue weighted by Crippen LogP contribution is 2.34. The van der Waals surface area contributed by atoms with E-state index in [2.05, 4.69) is 57.6 Å². The van der Waals surface area contributed by atoms with E-state index in [1.807, 2.05) is 24.3 Å². The van der Waals surface area contributed by atoms with Gasteiger partial charge in [0.05, 0.1) is 0 Å². The lowest BCUT2D eigenvalue weighted by Gasteiger charge is -2.22. The molecule has 0 bridgehead atoms. The molecule has 0 spiro atoms. The van der Waals surface area contributed by atoms with Crippen molar-refractivity contribution in [3.05, 3.63) is 65.2 Å². The summed E-state index contributed by atoms with van der Waals surface area (Å²) in [5, 5.41) is 0. The standard InChI is InChI=1S/C19H23NO/c1-6-17-15(3)19(20(4)5)14(2)12-18(17)21-13-16-10-8-7-9-11-16/h6-12H,1,13H2,2-5H3. The Hall–Kier alpha value is -2.22. The van der Waals surface area contributed by atoms with Gasteiger partial charge in [0.2, 0.25) is 0 Å². The molecule has 0 amide bonds. The van der Waals surface area contributed by atoms with Crippen LogP contribution in [-0.4, -0.2) is 14.1 Å². The van der Waals surface area contributed by atoms with E-state index in [0.29, 0.717) is 6.61 Å². The summed E-state index contributed by atoms with van der Waals surface area (Å²) in [5.41, 5.74) is 5.89. The van der Waals surface area contributed by atoms with Crippen molar-refractivity contribution in [2.45, 2.75) is 20.5 Å². The van der Waals surface area contributed by atoms with E-state index in [1.54, 1.807) is 0 Å². The molecule has 21 heavy (non-hydrogen) atoms. The Kier molecular flexibility index (Phi) is 4.69. The first kappa shape index (κ1) is 15.2. The minimum Gasteiger partial charge on any atom is -0.488 e. The number of aryl methyl sites for hydroxylation is 1. The number of nitrogens with zero attached hydrogens (tertiary/aromatic N) is 1. The highest BCUT2D eigenvalue weighted by molar-refractivity contribution is 5.72. The molecule has 0 fully saturated rings. The Morgan fingerprint density at radius 2 is 1.81 bits per heavy atom. The fourth-order valence-corrected chi connectivity index (χ4v) is 2.75. The molecule has 0 saturated carbocycles. The molecule has 0 radical (unpaired) electrons. The van der Waals surface area contributed by atoms with Crippen LogP contribution in [0.5, 0.6) is 5.75 Å². The molecule has 0 unspecified atom stereocenters. The third-order valence-corrected chi connectivity index (χ3v) is 3.63. The van der Waals surface area contributed by atoms with E-state index in [9.17, 15) is 0 Å². The first-order valence-corrected chi connectivity index (χ1v) is 7.15. The number of benzene rings is 2. The maximum absolute atomic E-state index is 6.02. The molecule has 2 aromatic carbocycles. The minimum atomic E-state index is 0.571. The Morgan fingerprint density at radius 3 is 2.38 bits per heavy atom. The van der Waals surface area contributed by atoms with E-state index < -0.39 is 0 Å². The van der Waals surface area contributed by atoms with Crippen molar-refractivity contribution < 1.29 is 4.74 Å². The molecular formula is C19H23NO. The van der Waals surface area contributed by atoms with Gasteiger partial charge >= 0.3 is 0 Å². The summed E-state index contributed by atoms with van der Waals surface area (Å²) < 4.78 is 6.02. The van der Waals surface area contributed by atoms with Gasteiger partial charge in [-0.25, -0.2) is 0 Å². The summed E-state index contributed by atoms with van der Waals surface area (Å²) in [5.74, 6) is 0.898. The normalized spacial score (nSPS) is 10.3. The molecule has 0 aliphatic carbocycles. The highest BCUT2D eigenvalue weighted by Gasteiger charge is 2.13. The largest absolute Gasteiger partial charge is 0.488 e. The maximum atomic E-state index is 6.02. The van der Waals surface area contributed by atoms with Crippen molar-refractivity contribution in [3.8, 4) is 5.75 Å². The number of hydrogen-bond acceptors (Lipinski definition) is 2. The molecule has 2 nitrogen and oxygen atoms in total. The second-order valence-electron chi connectivity index (χ2n) is 5.45. The van der Waals surface area contributed by atoms with Gasteiger partial charge in [0.1, 0.15) is 12.4 Å². The molecule has 0 aliphatic rings. The van der Waals surface area contributed by atoms with Crippen molar-refractivity contribution in [1.29, 1.82) is 0 Å². The summed E-state index contributed by atoms with van der Waals surface area (Å²) in [6, 6.07) is 12.3. The second-order valence-corrected chi connectivity index (χ2v) is 5.45. The number of anilines is 1. The van der Waals surface area contributed by atoms with Crippen LogP contribution in [-0.2, 0) is 6.61 Å². The van der Waals surface area contributed by atoms with Gasteiger partial charge in [-0.2, -0.15) is 0 Å². The minimum absolute atomic E-state index is 0.571. The molecule has 0 atom stereocenters. The van der Waals surface area contributed by atoms with Crippen LogP contribution < -0.4 is 9.64 Å². The lowest BCUT2D eigenvalue weighted by atomic mass is 10.0. The summed E-state index contributed by atoms with van der Waals surface area (Å²) in [6.07, 6.45) is 1.88. The predicted octanol–water partition coefficient (Wildman–Crippen LogP) is 4.59.